The van der Waals surface area contributed by atoms with Gasteiger partial charge in [0.2, 0.25) is 0 Å². The molecule has 9 heteroatoms. The molecule has 0 bridgehead atoms. The number of hydrogen-bond donors (Lipinski definition) is 1. The van der Waals surface area contributed by atoms with Crippen molar-refractivity contribution in [2.24, 2.45) is 0 Å². The van der Waals surface area contributed by atoms with Gasteiger partial charge in [0.25, 0.3) is 0 Å². The number of nitrogens with one attached hydrogen (secondary N) is 1. The van der Waals surface area contributed by atoms with Gasteiger partial charge in [0.15, 0.2) is 11.5 Å². The molecule has 2 heterocycles. The van der Waals surface area contributed by atoms with E-state index in [-0.39, 0.29) is 6.03 Å². The number of rotatable bonds is 6. The number of carbonyl (C=O) groups excluding carboxylic acids is 1. The number of thioether (sulfide) groups is 1. The highest BCUT2D eigenvalue weighted by atomic mass is 32.2. The topological polar surface area (TPSA) is 79.8 Å². The van der Waals surface area contributed by atoms with E-state index < -0.39 is 0 Å². The van der Waals surface area contributed by atoms with Gasteiger partial charge in [-0.15, -0.1) is 11.8 Å². The van der Waals surface area contributed by atoms with Crippen LogP contribution in [0.5, 0.6) is 11.5 Å². The highest BCUT2D eigenvalue weighted by Gasteiger charge is 2.24. The molecule has 0 unspecified atom stereocenters. The molecule has 2 amide bonds. The fourth-order valence-electron chi connectivity index (χ4n) is 3.75. The second-order valence-corrected chi connectivity index (χ2v) is 8.62. The summed E-state index contributed by atoms with van der Waals surface area (Å²) in [7, 11) is 3.22. The summed E-state index contributed by atoms with van der Waals surface area (Å²) in [6, 6.07) is 11.6. The zero-order valence-electron chi connectivity index (χ0n) is 18.5. The number of ether oxygens (including phenoxy) is 2. The molecule has 1 aliphatic heterocycles. The van der Waals surface area contributed by atoms with Crippen molar-refractivity contribution in [3.8, 4) is 11.5 Å². The van der Waals surface area contributed by atoms with E-state index in [0.717, 1.165) is 28.2 Å². The Morgan fingerprint density at radius 3 is 2.38 bits per heavy atom. The van der Waals surface area contributed by atoms with Crippen LogP contribution in [0.4, 0.5) is 16.3 Å². The average molecular weight is 454 g/mol. The molecular formula is C23H27N5O3S. The van der Waals surface area contributed by atoms with Crippen molar-refractivity contribution in [3.05, 3.63) is 42.7 Å². The summed E-state index contributed by atoms with van der Waals surface area (Å²) in [6.07, 6.45) is 1.56. The Bertz CT molecular complexity index is 1080. The van der Waals surface area contributed by atoms with E-state index in [2.05, 4.69) is 27.1 Å². The minimum absolute atomic E-state index is 0.0838. The number of piperazine rings is 1. The molecule has 4 rings (SSSR count). The third kappa shape index (κ3) is 4.67. The van der Waals surface area contributed by atoms with Crippen molar-refractivity contribution in [1.29, 1.82) is 0 Å². The Morgan fingerprint density at radius 2 is 1.72 bits per heavy atom. The maximum Gasteiger partial charge on any atom is 0.321 e. The van der Waals surface area contributed by atoms with Crippen molar-refractivity contribution in [3.63, 3.8) is 0 Å². The first kappa shape index (κ1) is 22.0. The first-order valence-corrected chi connectivity index (χ1v) is 11.5. The predicted molar refractivity (Wildman–Crippen MR) is 128 cm³/mol. The van der Waals surface area contributed by atoms with E-state index in [9.17, 15) is 4.79 Å². The molecule has 1 N–H and O–H groups in total. The Labute approximate surface area is 191 Å². The number of amides is 2. The predicted octanol–water partition coefficient (Wildman–Crippen LogP) is 4.11. The number of anilines is 2. The van der Waals surface area contributed by atoms with Gasteiger partial charge >= 0.3 is 6.03 Å². The van der Waals surface area contributed by atoms with Gasteiger partial charge in [-0.1, -0.05) is 6.92 Å². The lowest BCUT2D eigenvalue weighted by Crippen LogP contribution is -2.50. The SMILES string of the molecule is CCSc1ccc(NC(=O)N2CCN(c3ncnc4cc(OC)c(OC)cc34)CC2)cc1. The van der Waals surface area contributed by atoms with Crippen LogP contribution in [0.3, 0.4) is 0 Å². The maximum atomic E-state index is 12.7. The quantitative estimate of drug-likeness (QED) is 0.563. The molecule has 0 spiro atoms. The molecule has 0 aliphatic carbocycles. The fraction of sp³-hybridized carbons (Fsp3) is 0.348. The Balaban J connectivity index is 1.43. The third-order valence-electron chi connectivity index (χ3n) is 5.40. The van der Waals surface area contributed by atoms with Crippen molar-refractivity contribution < 1.29 is 14.3 Å². The number of hydrogen-bond acceptors (Lipinski definition) is 7. The number of carbonyl (C=O) groups is 1. The lowest BCUT2D eigenvalue weighted by molar-refractivity contribution is 0.208. The molecule has 3 aromatic rings. The fourth-order valence-corrected chi connectivity index (χ4v) is 4.41. The lowest BCUT2D eigenvalue weighted by atomic mass is 10.2. The second-order valence-electron chi connectivity index (χ2n) is 7.28. The molecule has 1 aliphatic rings. The first-order chi connectivity index (χ1) is 15.6. The van der Waals surface area contributed by atoms with Crippen LogP contribution in [0.1, 0.15) is 6.92 Å². The Hall–Kier alpha value is -3.20. The Morgan fingerprint density at radius 1 is 1.03 bits per heavy atom. The van der Waals surface area contributed by atoms with Crippen LogP contribution in [-0.2, 0) is 0 Å². The molecule has 1 fully saturated rings. The van der Waals surface area contributed by atoms with Crippen molar-refractivity contribution in [1.82, 2.24) is 14.9 Å². The van der Waals surface area contributed by atoms with Gasteiger partial charge in [-0.3, -0.25) is 0 Å². The van der Waals surface area contributed by atoms with Gasteiger partial charge in [-0.05, 0) is 36.1 Å². The number of fused-ring (bicyclic) bond motifs is 1. The standard InChI is InChI=1S/C23H27N5O3S/c1-4-32-17-7-5-16(6-8-17)26-23(29)28-11-9-27(10-12-28)22-18-13-20(30-2)21(31-3)14-19(18)24-15-25-22/h5-8,13-15H,4,9-12H2,1-3H3,(H,26,29). The number of benzene rings is 2. The van der Waals surface area contributed by atoms with Crippen LogP contribution in [0, 0.1) is 0 Å². The number of methoxy groups -OCH3 is 2. The minimum Gasteiger partial charge on any atom is -0.493 e. The Kier molecular flexibility index (Phi) is 6.84. The van der Waals surface area contributed by atoms with E-state index in [0.29, 0.717) is 37.7 Å². The van der Waals surface area contributed by atoms with Crippen LogP contribution in [-0.4, -0.2) is 67.1 Å². The summed E-state index contributed by atoms with van der Waals surface area (Å²) in [5, 5.41) is 3.89. The van der Waals surface area contributed by atoms with Crippen LogP contribution >= 0.6 is 11.8 Å². The van der Waals surface area contributed by atoms with E-state index in [1.165, 1.54) is 4.90 Å². The van der Waals surface area contributed by atoms with Gasteiger partial charge in [-0.2, -0.15) is 0 Å². The number of urea groups is 1. The summed E-state index contributed by atoms with van der Waals surface area (Å²) >= 11 is 1.78. The molecule has 0 radical (unpaired) electrons. The van der Waals surface area contributed by atoms with Crippen molar-refractivity contribution >= 4 is 40.2 Å². The van der Waals surface area contributed by atoms with E-state index >= 15 is 0 Å². The highest BCUT2D eigenvalue weighted by molar-refractivity contribution is 7.99. The second kappa shape index (κ2) is 9.95. The number of aromatic nitrogens is 2. The smallest absolute Gasteiger partial charge is 0.321 e. The highest BCUT2D eigenvalue weighted by Crippen LogP contribution is 2.35. The van der Waals surface area contributed by atoms with Gasteiger partial charge in [-0.25, -0.2) is 14.8 Å². The number of nitrogens with zero attached hydrogens (tertiary/aromatic N) is 4. The molecule has 168 valence electrons. The molecular weight excluding hydrogens is 426 g/mol. The summed E-state index contributed by atoms with van der Waals surface area (Å²) in [6.45, 7) is 4.69. The molecule has 8 nitrogen and oxygen atoms in total. The maximum absolute atomic E-state index is 12.7. The molecule has 1 aromatic heterocycles. The minimum atomic E-state index is -0.0838. The van der Waals surface area contributed by atoms with Crippen molar-refractivity contribution in [2.45, 2.75) is 11.8 Å². The zero-order chi connectivity index (χ0) is 22.5. The first-order valence-electron chi connectivity index (χ1n) is 10.5. The van der Waals surface area contributed by atoms with E-state index in [1.807, 2.05) is 41.3 Å². The van der Waals surface area contributed by atoms with Crippen molar-refractivity contribution in [2.75, 3.05) is 56.4 Å². The molecule has 2 aromatic carbocycles. The molecule has 32 heavy (non-hydrogen) atoms. The van der Waals surface area contributed by atoms with Gasteiger partial charge in [0, 0.05) is 48.2 Å². The molecule has 0 atom stereocenters. The third-order valence-corrected chi connectivity index (χ3v) is 6.30. The summed E-state index contributed by atoms with van der Waals surface area (Å²) in [5.41, 5.74) is 1.60. The van der Waals surface area contributed by atoms with Crippen LogP contribution in [0.25, 0.3) is 10.9 Å². The average Bonchev–Trinajstić information content (AvgIpc) is 2.84. The van der Waals surface area contributed by atoms with Crippen LogP contribution < -0.4 is 19.7 Å². The summed E-state index contributed by atoms with van der Waals surface area (Å²) < 4.78 is 10.8. The largest absolute Gasteiger partial charge is 0.493 e. The molecule has 0 saturated carbocycles. The van der Waals surface area contributed by atoms with Gasteiger partial charge in [0.05, 0.1) is 19.7 Å². The summed E-state index contributed by atoms with van der Waals surface area (Å²) in [5.74, 6) is 3.13. The monoisotopic (exact) mass is 453 g/mol. The lowest BCUT2D eigenvalue weighted by Gasteiger charge is -2.35. The van der Waals surface area contributed by atoms with Gasteiger partial charge < -0.3 is 24.6 Å². The zero-order valence-corrected chi connectivity index (χ0v) is 19.3. The van der Waals surface area contributed by atoms with E-state index in [4.69, 9.17) is 9.47 Å². The molecule has 1 saturated heterocycles. The van der Waals surface area contributed by atoms with Crippen LogP contribution in [0.2, 0.25) is 0 Å². The summed E-state index contributed by atoms with van der Waals surface area (Å²) in [4.78, 5) is 26.8. The van der Waals surface area contributed by atoms with Crippen LogP contribution in [0.15, 0.2) is 47.6 Å². The van der Waals surface area contributed by atoms with E-state index in [1.54, 1.807) is 32.3 Å². The normalized spacial score (nSPS) is 13.8. The van der Waals surface area contributed by atoms with Gasteiger partial charge in [0.1, 0.15) is 12.1 Å².